The molecule has 0 spiro atoms. The van der Waals surface area contributed by atoms with Crippen molar-refractivity contribution in [3.05, 3.63) is 34.4 Å². The van der Waals surface area contributed by atoms with Gasteiger partial charge in [-0.05, 0) is 38.2 Å². The van der Waals surface area contributed by atoms with Gasteiger partial charge in [0.05, 0.1) is 28.8 Å². The SMILES string of the molecule is CC(C)N1C(=O)[C@@H]2[C@@H]3C[C@H]([C@@H]2C1=O)[C@@H]1[C@@H]3N=NN1c1ccccc1[N+](=O)[O-]. The average Bonchev–Trinajstić information content (AvgIpc) is 3.34. The summed E-state index contributed by atoms with van der Waals surface area (Å²) in [6, 6.07) is 5.88. The number of fused-ring (bicyclic) bond motifs is 8. The molecule has 2 aliphatic carbocycles. The minimum absolute atomic E-state index is 0.0262. The van der Waals surface area contributed by atoms with E-state index < -0.39 is 4.92 Å². The molecule has 2 aliphatic heterocycles. The second-order valence-corrected chi connectivity index (χ2v) is 8.03. The molecule has 27 heavy (non-hydrogen) atoms. The Kier molecular flexibility index (Phi) is 3.23. The van der Waals surface area contributed by atoms with E-state index in [-0.39, 0.29) is 59.3 Å². The highest BCUT2D eigenvalue weighted by molar-refractivity contribution is 6.06. The number of para-hydroxylation sites is 2. The molecule has 2 heterocycles. The van der Waals surface area contributed by atoms with Crippen LogP contribution in [-0.2, 0) is 9.59 Å². The first-order valence-corrected chi connectivity index (χ1v) is 9.22. The van der Waals surface area contributed by atoms with Crippen molar-refractivity contribution in [1.82, 2.24) is 4.90 Å². The lowest BCUT2D eigenvalue weighted by molar-refractivity contribution is -0.384. The van der Waals surface area contributed by atoms with Gasteiger partial charge >= 0.3 is 0 Å². The molecule has 2 saturated carbocycles. The number of likely N-dealkylation sites (tertiary alicyclic amines) is 1. The summed E-state index contributed by atoms with van der Waals surface area (Å²) in [5.74, 6) is -0.983. The van der Waals surface area contributed by atoms with E-state index in [2.05, 4.69) is 10.3 Å². The van der Waals surface area contributed by atoms with Crippen molar-refractivity contribution >= 4 is 23.2 Å². The van der Waals surface area contributed by atoms with Crippen LogP contribution in [0.2, 0.25) is 0 Å². The number of carbonyl (C=O) groups is 2. The fourth-order valence-electron chi connectivity index (χ4n) is 5.64. The van der Waals surface area contributed by atoms with Gasteiger partial charge in [0.2, 0.25) is 11.8 Å². The summed E-state index contributed by atoms with van der Waals surface area (Å²) < 4.78 is 0. The average molecular weight is 369 g/mol. The van der Waals surface area contributed by atoms with Crippen LogP contribution in [0.25, 0.3) is 0 Å². The van der Waals surface area contributed by atoms with E-state index in [0.717, 1.165) is 6.42 Å². The highest BCUT2D eigenvalue weighted by Crippen LogP contribution is 2.60. The quantitative estimate of drug-likeness (QED) is 0.461. The third-order valence-electron chi connectivity index (χ3n) is 6.53. The lowest BCUT2D eigenvalue weighted by atomic mass is 9.76. The number of carbonyl (C=O) groups excluding carboxylic acids is 2. The van der Waals surface area contributed by atoms with Crippen LogP contribution in [0.1, 0.15) is 20.3 Å². The number of amides is 2. The van der Waals surface area contributed by atoms with Crippen LogP contribution in [0.3, 0.4) is 0 Å². The number of anilines is 1. The first kappa shape index (κ1) is 16.3. The molecular weight excluding hydrogens is 350 g/mol. The van der Waals surface area contributed by atoms with Crippen LogP contribution in [-0.4, -0.2) is 39.8 Å². The minimum Gasteiger partial charge on any atom is -0.280 e. The zero-order valence-corrected chi connectivity index (χ0v) is 14.9. The molecule has 140 valence electrons. The summed E-state index contributed by atoms with van der Waals surface area (Å²) in [7, 11) is 0. The lowest BCUT2D eigenvalue weighted by Gasteiger charge is -2.33. The third-order valence-corrected chi connectivity index (χ3v) is 6.53. The maximum Gasteiger partial charge on any atom is 0.294 e. The smallest absolute Gasteiger partial charge is 0.280 e. The van der Waals surface area contributed by atoms with E-state index in [0.29, 0.717) is 5.69 Å². The Bertz CT molecular complexity index is 899. The van der Waals surface area contributed by atoms with Gasteiger partial charge < -0.3 is 0 Å². The third kappa shape index (κ3) is 1.94. The van der Waals surface area contributed by atoms with E-state index >= 15 is 0 Å². The topological polar surface area (TPSA) is 108 Å². The predicted octanol–water partition coefficient (Wildman–Crippen LogP) is 2.18. The summed E-state index contributed by atoms with van der Waals surface area (Å²) >= 11 is 0. The number of hydrogen-bond acceptors (Lipinski definition) is 7. The van der Waals surface area contributed by atoms with Gasteiger partial charge in [-0.15, -0.1) is 0 Å². The van der Waals surface area contributed by atoms with E-state index in [1.807, 2.05) is 13.8 Å². The van der Waals surface area contributed by atoms with Crippen molar-refractivity contribution in [1.29, 1.82) is 0 Å². The van der Waals surface area contributed by atoms with Gasteiger partial charge in [0.1, 0.15) is 5.69 Å². The molecule has 0 unspecified atom stereocenters. The maximum atomic E-state index is 13.0. The second kappa shape index (κ2) is 5.34. The molecule has 2 amide bonds. The molecule has 0 radical (unpaired) electrons. The zero-order chi connectivity index (χ0) is 19.0. The molecule has 1 aromatic carbocycles. The number of benzene rings is 1. The number of hydrogen-bond donors (Lipinski definition) is 0. The van der Waals surface area contributed by atoms with E-state index in [9.17, 15) is 19.7 Å². The Balaban J connectivity index is 1.53. The van der Waals surface area contributed by atoms with Gasteiger partial charge in [-0.3, -0.25) is 24.6 Å². The highest BCUT2D eigenvalue weighted by Gasteiger charge is 2.70. The molecule has 1 saturated heterocycles. The Morgan fingerprint density at radius 1 is 1.15 bits per heavy atom. The van der Waals surface area contributed by atoms with Crippen molar-refractivity contribution in [2.75, 3.05) is 5.01 Å². The van der Waals surface area contributed by atoms with Gasteiger partial charge in [-0.25, -0.2) is 5.01 Å². The minimum atomic E-state index is -0.432. The maximum absolute atomic E-state index is 13.0. The predicted molar refractivity (Wildman–Crippen MR) is 93.6 cm³/mol. The summed E-state index contributed by atoms with van der Waals surface area (Å²) in [6.45, 7) is 3.69. The van der Waals surface area contributed by atoms with Crippen molar-refractivity contribution in [3.63, 3.8) is 0 Å². The van der Waals surface area contributed by atoms with Crippen LogP contribution in [0.5, 0.6) is 0 Å². The molecule has 0 N–H and O–H groups in total. The van der Waals surface area contributed by atoms with Crippen molar-refractivity contribution < 1.29 is 14.5 Å². The molecule has 5 rings (SSSR count). The van der Waals surface area contributed by atoms with Gasteiger partial charge in [-0.1, -0.05) is 17.4 Å². The molecule has 1 aromatic rings. The number of nitro benzene ring substituents is 1. The summed E-state index contributed by atoms with van der Waals surface area (Å²) in [5, 5.41) is 21.6. The Hall–Kier alpha value is -2.84. The van der Waals surface area contributed by atoms with Gasteiger partial charge in [0.15, 0.2) is 0 Å². The van der Waals surface area contributed by atoms with Crippen molar-refractivity contribution in [3.8, 4) is 0 Å². The zero-order valence-electron chi connectivity index (χ0n) is 14.9. The molecule has 4 aliphatic rings. The molecular formula is C18H19N5O4. The Labute approximate surface area is 155 Å². The number of rotatable bonds is 3. The van der Waals surface area contributed by atoms with E-state index in [1.54, 1.807) is 23.2 Å². The van der Waals surface area contributed by atoms with Gasteiger partial charge in [-0.2, -0.15) is 5.11 Å². The second-order valence-electron chi connectivity index (χ2n) is 8.03. The Morgan fingerprint density at radius 3 is 2.48 bits per heavy atom. The van der Waals surface area contributed by atoms with Crippen LogP contribution in [0.4, 0.5) is 11.4 Å². The van der Waals surface area contributed by atoms with Crippen LogP contribution >= 0.6 is 0 Å². The molecule has 0 aromatic heterocycles. The lowest BCUT2D eigenvalue weighted by Crippen LogP contribution is -2.47. The first-order chi connectivity index (χ1) is 12.9. The molecule has 9 heteroatoms. The largest absolute Gasteiger partial charge is 0.294 e. The van der Waals surface area contributed by atoms with E-state index in [4.69, 9.17) is 0 Å². The van der Waals surface area contributed by atoms with Crippen molar-refractivity contribution in [2.24, 2.45) is 34.0 Å². The van der Waals surface area contributed by atoms with Gasteiger partial charge in [0, 0.05) is 12.1 Å². The van der Waals surface area contributed by atoms with Crippen LogP contribution < -0.4 is 5.01 Å². The highest BCUT2D eigenvalue weighted by atomic mass is 16.6. The number of imide groups is 1. The van der Waals surface area contributed by atoms with E-state index in [1.165, 1.54) is 11.0 Å². The van der Waals surface area contributed by atoms with Gasteiger partial charge in [0.25, 0.3) is 5.69 Å². The van der Waals surface area contributed by atoms with Crippen LogP contribution in [0, 0.1) is 33.8 Å². The summed E-state index contributed by atoms with van der Waals surface area (Å²) in [6.07, 6.45) is 0.740. The summed E-state index contributed by atoms with van der Waals surface area (Å²) in [5.41, 5.74) is 0.356. The Morgan fingerprint density at radius 2 is 1.81 bits per heavy atom. The van der Waals surface area contributed by atoms with Crippen molar-refractivity contribution in [2.45, 2.75) is 38.4 Å². The fourth-order valence-corrected chi connectivity index (χ4v) is 5.64. The standard InChI is InChI=1S/C18H19N5O4/c1-8(2)21-17(24)13-9-7-10(14(13)18(21)25)16-15(9)19-20-22(16)11-5-3-4-6-12(11)23(26)27/h3-6,8-10,13-16H,7H2,1-2H3/t9-,10+,13+,14-,15+,16+/m0/s1. The monoisotopic (exact) mass is 369 g/mol. The summed E-state index contributed by atoms with van der Waals surface area (Å²) in [4.78, 5) is 38.2. The normalized spacial score (nSPS) is 36.1. The molecule has 9 nitrogen and oxygen atoms in total. The molecule has 6 atom stereocenters. The number of nitrogens with zero attached hydrogens (tertiary/aromatic N) is 5. The van der Waals surface area contributed by atoms with Crippen LogP contribution in [0.15, 0.2) is 34.6 Å². The number of nitro groups is 1. The fraction of sp³-hybridized carbons (Fsp3) is 0.556. The molecule has 3 fully saturated rings. The first-order valence-electron chi connectivity index (χ1n) is 9.22. The molecule has 2 bridgehead atoms.